The molecular weight excluding hydrogens is 212 g/mol. The van der Waals surface area contributed by atoms with E-state index in [1.165, 1.54) is 0 Å². The molecule has 0 radical (unpaired) electrons. The minimum Gasteiger partial charge on any atom is -0.397 e. The van der Waals surface area contributed by atoms with E-state index in [2.05, 4.69) is 15.5 Å². The molecule has 5 heteroatoms. The van der Waals surface area contributed by atoms with Crippen molar-refractivity contribution in [2.45, 2.75) is 0 Å². The normalized spacial score (nSPS) is 9.93. The number of nitrogen functional groups attached to an aromatic ring is 1. The molecule has 3 N–H and O–H groups in total. The van der Waals surface area contributed by atoms with Crippen LogP contribution in [0.2, 0.25) is 5.15 Å². The highest BCUT2D eigenvalue weighted by Crippen LogP contribution is 2.20. The van der Waals surface area contributed by atoms with Crippen molar-refractivity contribution < 1.29 is 0 Å². The van der Waals surface area contributed by atoms with Gasteiger partial charge in [-0.3, -0.25) is 0 Å². The predicted octanol–water partition coefficient (Wildman–Crippen LogP) is 2.46. The Morgan fingerprint density at radius 3 is 2.53 bits per heavy atom. The third-order valence-corrected chi connectivity index (χ3v) is 2.06. The molecule has 0 saturated heterocycles. The van der Waals surface area contributed by atoms with Gasteiger partial charge < -0.3 is 11.1 Å². The van der Waals surface area contributed by atoms with Gasteiger partial charge in [0, 0.05) is 0 Å². The van der Waals surface area contributed by atoms with Gasteiger partial charge in [0.1, 0.15) is 0 Å². The smallest absolute Gasteiger partial charge is 0.153 e. The molecule has 1 aromatic heterocycles. The Morgan fingerprint density at radius 2 is 1.87 bits per heavy atom. The standard InChI is InChI=1S/C10H9ClN4/c11-9-5-6-10(15-14-9)13-8-4-2-1-3-7(8)12/h1-6H,12H2,(H,13,15). The van der Waals surface area contributed by atoms with Gasteiger partial charge in [-0.15, -0.1) is 10.2 Å². The summed E-state index contributed by atoms with van der Waals surface area (Å²) in [5.74, 6) is 0.609. The maximum absolute atomic E-state index is 5.76. The molecule has 2 aromatic rings. The maximum atomic E-state index is 5.76. The predicted molar refractivity (Wildman–Crippen MR) is 61.2 cm³/mol. The van der Waals surface area contributed by atoms with E-state index in [4.69, 9.17) is 17.3 Å². The number of nitrogens with zero attached hydrogens (tertiary/aromatic N) is 2. The van der Waals surface area contributed by atoms with E-state index in [1.54, 1.807) is 12.1 Å². The molecule has 0 aliphatic heterocycles. The first-order valence-electron chi connectivity index (χ1n) is 4.36. The average Bonchev–Trinajstić information content (AvgIpc) is 2.25. The average molecular weight is 221 g/mol. The number of benzene rings is 1. The highest BCUT2D eigenvalue weighted by Gasteiger charge is 1.99. The van der Waals surface area contributed by atoms with Crippen LogP contribution in [0.4, 0.5) is 17.2 Å². The summed E-state index contributed by atoms with van der Waals surface area (Å²) in [6.07, 6.45) is 0. The molecule has 0 bridgehead atoms. The zero-order valence-corrected chi connectivity index (χ0v) is 8.57. The van der Waals surface area contributed by atoms with Gasteiger partial charge in [0.2, 0.25) is 0 Å². The molecule has 0 amide bonds. The molecule has 76 valence electrons. The number of rotatable bonds is 2. The molecule has 2 rings (SSSR count). The van der Waals surface area contributed by atoms with Gasteiger partial charge in [-0.05, 0) is 24.3 Å². The Bertz CT molecular complexity index is 455. The number of hydrogen-bond acceptors (Lipinski definition) is 4. The van der Waals surface area contributed by atoms with Crippen molar-refractivity contribution in [1.29, 1.82) is 0 Å². The van der Waals surface area contributed by atoms with Crippen molar-refractivity contribution in [2.24, 2.45) is 0 Å². The Balaban J connectivity index is 2.22. The SMILES string of the molecule is Nc1ccccc1Nc1ccc(Cl)nn1. The number of nitrogens with one attached hydrogen (secondary N) is 1. The molecule has 4 nitrogen and oxygen atoms in total. The fraction of sp³-hybridized carbons (Fsp3) is 0. The van der Waals surface area contributed by atoms with E-state index in [0.29, 0.717) is 16.7 Å². The highest BCUT2D eigenvalue weighted by atomic mass is 35.5. The Hall–Kier alpha value is -1.81. The van der Waals surface area contributed by atoms with Crippen LogP contribution in [0.3, 0.4) is 0 Å². The quantitative estimate of drug-likeness (QED) is 0.764. The van der Waals surface area contributed by atoms with E-state index in [0.717, 1.165) is 5.69 Å². The van der Waals surface area contributed by atoms with Crippen LogP contribution in [0, 0.1) is 0 Å². The lowest BCUT2D eigenvalue weighted by molar-refractivity contribution is 1.04. The maximum Gasteiger partial charge on any atom is 0.153 e. The van der Waals surface area contributed by atoms with Crippen molar-refractivity contribution in [1.82, 2.24) is 10.2 Å². The molecule has 0 saturated carbocycles. The minimum atomic E-state index is 0.363. The molecule has 0 aliphatic carbocycles. The van der Waals surface area contributed by atoms with Gasteiger partial charge in [-0.2, -0.15) is 0 Å². The van der Waals surface area contributed by atoms with E-state index in [9.17, 15) is 0 Å². The zero-order chi connectivity index (χ0) is 10.7. The molecular formula is C10H9ClN4. The topological polar surface area (TPSA) is 63.8 Å². The van der Waals surface area contributed by atoms with Crippen LogP contribution in [0.25, 0.3) is 0 Å². The van der Waals surface area contributed by atoms with E-state index in [1.807, 2.05) is 24.3 Å². The highest BCUT2D eigenvalue weighted by molar-refractivity contribution is 6.29. The third-order valence-electron chi connectivity index (χ3n) is 1.86. The summed E-state index contributed by atoms with van der Waals surface area (Å²) >= 11 is 5.62. The van der Waals surface area contributed by atoms with Gasteiger partial charge in [-0.1, -0.05) is 23.7 Å². The van der Waals surface area contributed by atoms with E-state index >= 15 is 0 Å². The molecule has 0 fully saturated rings. The number of halogens is 1. The molecule has 1 aromatic carbocycles. The van der Waals surface area contributed by atoms with Crippen LogP contribution in [-0.2, 0) is 0 Å². The lowest BCUT2D eigenvalue weighted by atomic mass is 10.3. The first-order chi connectivity index (χ1) is 7.25. The van der Waals surface area contributed by atoms with Gasteiger partial charge in [0.15, 0.2) is 11.0 Å². The van der Waals surface area contributed by atoms with Gasteiger partial charge in [0.05, 0.1) is 11.4 Å². The van der Waals surface area contributed by atoms with Gasteiger partial charge in [0.25, 0.3) is 0 Å². The second-order valence-corrected chi connectivity index (χ2v) is 3.34. The summed E-state index contributed by atoms with van der Waals surface area (Å²) in [6, 6.07) is 10.8. The third kappa shape index (κ3) is 2.35. The monoisotopic (exact) mass is 220 g/mol. The second kappa shape index (κ2) is 4.14. The van der Waals surface area contributed by atoms with Gasteiger partial charge in [-0.25, -0.2) is 0 Å². The minimum absolute atomic E-state index is 0.363. The van der Waals surface area contributed by atoms with Crippen molar-refractivity contribution >= 4 is 28.8 Å². The van der Waals surface area contributed by atoms with Crippen molar-refractivity contribution in [3.8, 4) is 0 Å². The van der Waals surface area contributed by atoms with Crippen LogP contribution < -0.4 is 11.1 Å². The molecule has 0 unspecified atom stereocenters. The summed E-state index contributed by atoms with van der Waals surface area (Å²) in [6.45, 7) is 0. The first kappa shape index (κ1) is 9.73. The number of para-hydroxylation sites is 2. The summed E-state index contributed by atoms with van der Waals surface area (Å²) in [5.41, 5.74) is 7.22. The lowest BCUT2D eigenvalue weighted by Gasteiger charge is -2.06. The Kier molecular flexibility index (Phi) is 2.69. The number of aromatic nitrogens is 2. The van der Waals surface area contributed by atoms with E-state index in [-0.39, 0.29) is 0 Å². The van der Waals surface area contributed by atoms with Crippen LogP contribution in [0.1, 0.15) is 0 Å². The fourth-order valence-electron chi connectivity index (χ4n) is 1.13. The summed E-state index contributed by atoms with van der Waals surface area (Å²) in [4.78, 5) is 0. The van der Waals surface area contributed by atoms with Gasteiger partial charge >= 0.3 is 0 Å². The molecule has 0 aliphatic rings. The fourth-order valence-corrected chi connectivity index (χ4v) is 1.23. The van der Waals surface area contributed by atoms with Crippen LogP contribution in [0.5, 0.6) is 0 Å². The Morgan fingerprint density at radius 1 is 1.07 bits per heavy atom. The summed E-state index contributed by atoms with van der Waals surface area (Å²) < 4.78 is 0. The lowest BCUT2D eigenvalue weighted by Crippen LogP contribution is -1.98. The van der Waals surface area contributed by atoms with Crippen molar-refractivity contribution in [3.63, 3.8) is 0 Å². The Labute approximate surface area is 92.1 Å². The first-order valence-corrected chi connectivity index (χ1v) is 4.74. The van der Waals surface area contributed by atoms with Crippen molar-refractivity contribution in [2.75, 3.05) is 11.1 Å². The molecule has 0 spiro atoms. The summed E-state index contributed by atoms with van der Waals surface area (Å²) in [5, 5.41) is 11.0. The number of hydrogen-bond donors (Lipinski definition) is 2. The van der Waals surface area contributed by atoms with Crippen LogP contribution in [-0.4, -0.2) is 10.2 Å². The second-order valence-electron chi connectivity index (χ2n) is 2.95. The molecule has 15 heavy (non-hydrogen) atoms. The largest absolute Gasteiger partial charge is 0.397 e. The van der Waals surface area contributed by atoms with Crippen LogP contribution in [0.15, 0.2) is 36.4 Å². The summed E-state index contributed by atoms with van der Waals surface area (Å²) in [7, 11) is 0. The number of nitrogens with two attached hydrogens (primary N) is 1. The molecule has 1 heterocycles. The van der Waals surface area contributed by atoms with E-state index < -0.39 is 0 Å². The zero-order valence-electron chi connectivity index (χ0n) is 7.81. The number of anilines is 3. The molecule has 0 atom stereocenters. The van der Waals surface area contributed by atoms with Crippen molar-refractivity contribution in [3.05, 3.63) is 41.6 Å². The van der Waals surface area contributed by atoms with Crippen LogP contribution >= 0.6 is 11.6 Å².